The van der Waals surface area contributed by atoms with Gasteiger partial charge in [0.1, 0.15) is 12.3 Å². The average molecular weight is 367 g/mol. The van der Waals surface area contributed by atoms with E-state index >= 15 is 0 Å². The summed E-state index contributed by atoms with van der Waals surface area (Å²) in [4.78, 5) is 34.0. The van der Waals surface area contributed by atoms with Gasteiger partial charge in [-0.25, -0.2) is 4.79 Å². The Hall–Kier alpha value is -1.02. The van der Waals surface area contributed by atoms with Crippen LogP contribution in [0.4, 0.5) is 0 Å². The van der Waals surface area contributed by atoms with Gasteiger partial charge in [-0.3, -0.25) is 9.80 Å². The molecule has 0 spiro atoms. The Bertz CT molecular complexity index is 442. The van der Waals surface area contributed by atoms with Crippen molar-refractivity contribution in [2.24, 2.45) is 0 Å². The van der Waals surface area contributed by atoms with Gasteiger partial charge < -0.3 is 14.9 Å². The number of carbonyl (C=O) groups excluding carboxylic acids is 2. The van der Waals surface area contributed by atoms with Crippen molar-refractivity contribution in [2.45, 2.75) is 57.0 Å². The lowest BCUT2D eigenvalue weighted by atomic mass is 10.0. The molecule has 0 aromatic heterocycles. The molecule has 1 atom stereocenters. The first kappa shape index (κ1) is 19.7. The highest BCUT2D eigenvalue weighted by Crippen LogP contribution is 2.18. The fourth-order valence-electron chi connectivity index (χ4n) is 4.43. The fourth-order valence-corrected chi connectivity index (χ4v) is 4.43. The van der Waals surface area contributed by atoms with Crippen molar-refractivity contribution in [3.05, 3.63) is 0 Å². The van der Waals surface area contributed by atoms with Crippen LogP contribution in [0.15, 0.2) is 0 Å². The molecule has 0 radical (unpaired) electrons. The lowest BCUT2D eigenvalue weighted by Gasteiger charge is -2.40. The Morgan fingerprint density at radius 2 is 1.73 bits per heavy atom. The highest BCUT2D eigenvalue weighted by atomic mass is 16.7. The lowest BCUT2D eigenvalue weighted by Crippen LogP contribution is -2.54. The number of nitrogens with one attached hydrogen (secondary N) is 1. The molecule has 0 aromatic carbocycles. The first-order valence-corrected chi connectivity index (χ1v) is 10.4. The number of hydroxylamine groups is 2. The maximum absolute atomic E-state index is 12.8. The van der Waals surface area contributed by atoms with Crippen molar-refractivity contribution in [2.75, 3.05) is 52.4 Å². The monoisotopic (exact) mass is 366 g/mol. The molecule has 0 saturated carbocycles. The van der Waals surface area contributed by atoms with Crippen LogP contribution in [0.3, 0.4) is 0 Å². The molecule has 7 nitrogen and oxygen atoms in total. The minimum atomic E-state index is -0.275. The molecule has 26 heavy (non-hydrogen) atoms. The number of hydrogen-bond donors (Lipinski definition) is 1. The van der Waals surface area contributed by atoms with E-state index in [-0.39, 0.29) is 12.0 Å². The maximum Gasteiger partial charge on any atom is 0.342 e. The average Bonchev–Trinajstić information content (AvgIpc) is 2.70. The third-order valence-electron chi connectivity index (χ3n) is 5.98. The Balaban J connectivity index is 1.47. The molecule has 0 amide bonds. The van der Waals surface area contributed by atoms with Crippen molar-refractivity contribution >= 4 is 12.3 Å². The molecule has 3 saturated heterocycles. The molecule has 1 unspecified atom stereocenters. The Morgan fingerprint density at radius 3 is 2.38 bits per heavy atom. The first-order valence-electron chi connectivity index (χ1n) is 10.4. The van der Waals surface area contributed by atoms with Gasteiger partial charge in [0, 0.05) is 38.6 Å². The van der Waals surface area contributed by atoms with Gasteiger partial charge in [-0.1, -0.05) is 6.42 Å². The fraction of sp³-hybridized carbons (Fsp3) is 0.895. The summed E-state index contributed by atoms with van der Waals surface area (Å²) in [6.07, 6.45) is 7.79. The van der Waals surface area contributed by atoms with E-state index in [2.05, 4.69) is 15.1 Å². The summed E-state index contributed by atoms with van der Waals surface area (Å²) in [5.74, 6) is -0.177. The van der Waals surface area contributed by atoms with Gasteiger partial charge in [0.05, 0.1) is 0 Å². The van der Waals surface area contributed by atoms with Gasteiger partial charge in [0.2, 0.25) is 0 Å². The van der Waals surface area contributed by atoms with Crippen LogP contribution < -0.4 is 5.32 Å². The topological polar surface area (TPSA) is 65.1 Å². The predicted molar refractivity (Wildman–Crippen MR) is 99.6 cm³/mol. The summed E-state index contributed by atoms with van der Waals surface area (Å²) in [5.41, 5.74) is 0. The molecule has 7 heteroatoms. The largest absolute Gasteiger partial charge is 0.366 e. The number of hydrogen-bond acceptors (Lipinski definition) is 7. The highest BCUT2D eigenvalue weighted by Gasteiger charge is 2.31. The Morgan fingerprint density at radius 1 is 1.04 bits per heavy atom. The smallest absolute Gasteiger partial charge is 0.342 e. The Labute approximate surface area is 157 Å². The molecular formula is C19H34N4O3. The van der Waals surface area contributed by atoms with Gasteiger partial charge in [0.25, 0.3) is 0 Å². The number of aldehydes is 1. The van der Waals surface area contributed by atoms with Gasteiger partial charge in [0.15, 0.2) is 0 Å². The van der Waals surface area contributed by atoms with Crippen molar-refractivity contribution < 1.29 is 14.4 Å². The van der Waals surface area contributed by atoms with Crippen molar-refractivity contribution in [3.63, 3.8) is 0 Å². The summed E-state index contributed by atoms with van der Waals surface area (Å²) in [7, 11) is 0. The number of rotatable bonds is 7. The van der Waals surface area contributed by atoms with E-state index in [9.17, 15) is 9.59 Å². The third-order valence-corrected chi connectivity index (χ3v) is 5.98. The van der Waals surface area contributed by atoms with Gasteiger partial charge in [-0.2, -0.15) is 0 Å². The molecule has 0 bridgehead atoms. The number of likely N-dealkylation sites (tertiary alicyclic amines) is 1. The van der Waals surface area contributed by atoms with E-state index in [4.69, 9.17) is 4.84 Å². The van der Waals surface area contributed by atoms with Crippen LogP contribution >= 0.6 is 0 Å². The second-order valence-electron chi connectivity index (χ2n) is 7.71. The highest BCUT2D eigenvalue weighted by molar-refractivity contribution is 5.76. The molecule has 3 aliphatic heterocycles. The quantitative estimate of drug-likeness (QED) is 0.664. The third kappa shape index (κ3) is 5.49. The van der Waals surface area contributed by atoms with E-state index < -0.39 is 0 Å². The SMILES string of the molecule is O=CCCC(C(=O)ON1CCN(C2CCNCC2)CC1)N1CCCCC1. The number of carbonyl (C=O) groups is 2. The van der Waals surface area contributed by atoms with E-state index in [1.807, 2.05) is 5.06 Å². The Kier molecular flexibility index (Phi) is 7.85. The minimum Gasteiger partial charge on any atom is -0.366 e. The van der Waals surface area contributed by atoms with Gasteiger partial charge in [-0.15, -0.1) is 5.06 Å². The van der Waals surface area contributed by atoms with Crippen LogP contribution in [0.2, 0.25) is 0 Å². The zero-order valence-electron chi connectivity index (χ0n) is 15.9. The van der Waals surface area contributed by atoms with E-state index in [0.29, 0.717) is 18.9 Å². The van der Waals surface area contributed by atoms with Crippen LogP contribution in [0, 0.1) is 0 Å². The van der Waals surface area contributed by atoms with Crippen LogP contribution in [0.1, 0.15) is 44.9 Å². The predicted octanol–water partition coefficient (Wildman–Crippen LogP) is 0.648. The summed E-state index contributed by atoms with van der Waals surface area (Å²) >= 11 is 0. The van der Waals surface area contributed by atoms with Crippen LogP contribution in [0.25, 0.3) is 0 Å². The van der Waals surface area contributed by atoms with Crippen LogP contribution in [-0.2, 0) is 14.4 Å². The molecule has 3 fully saturated rings. The zero-order chi connectivity index (χ0) is 18.2. The molecule has 3 heterocycles. The van der Waals surface area contributed by atoms with Gasteiger partial charge in [-0.05, 0) is 58.3 Å². The number of piperazine rings is 1. The molecule has 148 valence electrons. The minimum absolute atomic E-state index is 0.177. The van der Waals surface area contributed by atoms with E-state index in [1.165, 1.54) is 19.3 Å². The first-order chi connectivity index (χ1) is 12.8. The lowest BCUT2D eigenvalue weighted by molar-refractivity contribution is -0.205. The summed E-state index contributed by atoms with van der Waals surface area (Å²) in [6, 6.07) is 0.394. The summed E-state index contributed by atoms with van der Waals surface area (Å²) in [6.45, 7) is 7.54. The second kappa shape index (κ2) is 10.3. The van der Waals surface area contributed by atoms with E-state index in [1.54, 1.807) is 0 Å². The molecule has 3 rings (SSSR count). The normalized spacial score (nSPS) is 25.7. The van der Waals surface area contributed by atoms with E-state index in [0.717, 1.165) is 71.5 Å². The summed E-state index contributed by atoms with van der Waals surface area (Å²) in [5, 5.41) is 5.24. The van der Waals surface area contributed by atoms with Gasteiger partial charge >= 0.3 is 5.97 Å². The van der Waals surface area contributed by atoms with Crippen molar-refractivity contribution in [1.82, 2.24) is 20.2 Å². The van der Waals surface area contributed by atoms with Crippen molar-refractivity contribution in [1.29, 1.82) is 0 Å². The molecule has 1 N–H and O–H groups in total. The molecule has 0 aliphatic carbocycles. The molecule has 0 aromatic rings. The number of piperidine rings is 2. The van der Waals surface area contributed by atoms with Crippen molar-refractivity contribution in [3.8, 4) is 0 Å². The standard InChI is InChI=1S/C19H34N4O3/c24-16-4-5-18(22-10-2-1-3-11-22)19(25)26-23-14-12-21(13-15-23)17-6-8-20-9-7-17/h16-18,20H,1-15H2. The number of nitrogens with zero attached hydrogens (tertiary/aromatic N) is 3. The summed E-state index contributed by atoms with van der Waals surface area (Å²) < 4.78 is 0. The zero-order valence-corrected chi connectivity index (χ0v) is 15.9. The van der Waals surface area contributed by atoms with Crippen LogP contribution in [0.5, 0.6) is 0 Å². The maximum atomic E-state index is 12.8. The van der Waals surface area contributed by atoms with Crippen LogP contribution in [-0.4, -0.2) is 91.6 Å². The second-order valence-corrected chi connectivity index (χ2v) is 7.71. The molecular weight excluding hydrogens is 332 g/mol. The molecule has 3 aliphatic rings.